The summed E-state index contributed by atoms with van der Waals surface area (Å²) in [5.74, 6) is 0.228. The van der Waals surface area contributed by atoms with Crippen LogP contribution in [0.2, 0.25) is 0 Å². The molecule has 0 saturated carbocycles. The number of hydrogen-bond acceptors (Lipinski definition) is 7. The highest BCUT2D eigenvalue weighted by molar-refractivity contribution is 7.99. The Bertz CT molecular complexity index is 503. The fourth-order valence-corrected chi connectivity index (χ4v) is 1.64. The molecule has 6 nitrogen and oxygen atoms in total. The van der Waals surface area contributed by atoms with Gasteiger partial charge < -0.3 is 9.73 Å². The van der Waals surface area contributed by atoms with Crippen LogP contribution < -0.4 is 5.32 Å². The van der Waals surface area contributed by atoms with Crippen molar-refractivity contribution in [1.29, 1.82) is 0 Å². The second kappa shape index (κ2) is 4.44. The molecule has 0 unspecified atom stereocenters. The molecule has 0 aliphatic heterocycles. The molecular weight excluding hydrogens is 233 g/mol. The van der Waals surface area contributed by atoms with Gasteiger partial charge in [-0.3, -0.25) is 0 Å². The highest BCUT2D eigenvalue weighted by Crippen LogP contribution is 2.27. The van der Waals surface area contributed by atoms with Gasteiger partial charge in [0.25, 0.3) is 5.22 Å². The maximum absolute atomic E-state index is 13.3. The third kappa shape index (κ3) is 2.27. The zero-order valence-corrected chi connectivity index (χ0v) is 9.38. The van der Waals surface area contributed by atoms with Gasteiger partial charge in [0, 0.05) is 14.0 Å². The lowest BCUT2D eigenvalue weighted by Gasteiger charge is -2.01. The summed E-state index contributed by atoms with van der Waals surface area (Å²) in [4.78, 5) is 7.66. The minimum Gasteiger partial charge on any atom is -0.416 e. The average Bonchev–Trinajstić information content (AvgIpc) is 2.67. The summed E-state index contributed by atoms with van der Waals surface area (Å²) in [6, 6.07) is 0. The van der Waals surface area contributed by atoms with Crippen LogP contribution in [0.5, 0.6) is 0 Å². The van der Waals surface area contributed by atoms with Crippen molar-refractivity contribution >= 4 is 17.7 Å². The third-order valence-electron chi connectivity index (χ3n) is 1.63. The Hall–Kier alpha value is -1.70. The van der Waals surface area contributed by atoms with Crippen molar-refractivity contribution < 1.29 is 8.81 Å². The van der Waals surface area contributed by atoms with Crippen molar-refractivity contribution in [2.75, 3.05) is 12.4 Å². The van der Waals surface area contributed by atoms with Crippen molar-refractivity contribution in [3.63, 3.8) is 0 Å². The molecule has 2 aromatic heterocycles. The Balaban J connectivity index is 2.26. The van der Waals surface area contributed by atoms with E-state index in [2.05, 4.69) is 25.5 Å². The van der Waals surface area contributed by atoms with E-state index in [1.54, 1.807) is 14.0 Å². The quantitative estimate of drug-likeness (QED) is 0.816. The van der Waals surface area contributed by atoms with Crippen molar-refractivity contribution in [3.8, 4) is 0 Å². The number of aromatic nitrogens is 4. The maximum atomic E-state index is 13.3. The smallest absolute Gasteiger partial charge is 0.283 e. The van der Waals surface area contributed by atoms with Crippen LogP contribution in [0, 0.1) is 12.7 Å². The normalized spacial score (nSPS) is 10.4. The van der Waals surface area contributed by atoms with Gasteiger partial charge in [-0.25, -0.2) is 14.4 Å². The lowest BCUT2D eigenvalue weighted by Crippen LogP contribution is -1.98. The standard InChI is InChI=1S/C8H8FN5OS/c1-4-13-14-8(15-4)16-6-5(9)3-11-7(10-2)12-6/h3H,1-2H3,(H,10,11,12). The molecule has 2 aromatic rings. The zero-order chi connectivity index (χ0) is 11.5. The van der Waals surface area contributed by atoms with Crippen LogP contribution in [0.3, 0.4) is 0 Å². The van der Waals surface area contributed by atoms with E-state index < -0.39 is 5.82 Å². The van der Waals surface area contributed by atoms with E-state index in [1.807, 2.05) is 0 Å². The molecule has 0 aliphatic rings. The molecule has 2 heterocycles. The first-order chi connectivity index (χ1) is 7.69. The van der Waals surface area contributed by atoms with E-state index in [4.69, 9.17) is 4.42 Å². The molecule has 0 aromatic carbocycles. The summed E-state index contributed by atoms with van der Waals surface area (Å²) < 4.78 is 18.4. The highest BCUT2D eigenvalue weighted by atomic mass is 32.2. The molecule has 8 heteroatoms. The Labute approximate surface area is 94.7 Å². The summed E-state index contributed by atoms with van der Waals surface area (Å²) in [7, 11) is 1.65. The number of nitrogens with zero attached hydrogens (tertiary/aromatic N) is 4. The Morgan fingerprint density at radius 2 is 2.25 bits per heavy atom. The first-order valence-electron chi connectivity index (χ1n) is 4.37. The molecule has 84 valence electrons. The monoisotopic (exact) mass is 241 g/mol. The Kier molecular flexibility index (Phi) is 3.00. The van der Waals surface area contributed by atoms with Gasteiger partial charge in [-0.05, 0) is 11.8 Å². The Morgan fingerprint density at radius 1 is 1.44 bits per heavy atom. The van der Waals surface area contributed by atoms with Gasteiger partial charge in [-0.1, -0.05) is 0 Å². The fraction of sp³-hybridized carbons (Fsp3) is 0.250. The van der Waals surface area contributed by atoms with Crippen LogP contribution in [-0.2, 0) is 0 Å². The van der Waals surface area contributed by atoms with Gasteiger partial charge in [-0.15, -0.1) is 10.2 Å². The predicted molar refractivity (Wildman–Crippen MR) is 54.7 cm³/mol. The molecule has 0 spiro atoms. The molecule has 16 heavy (non-hydrogen) atoms. The topological polar surface area (TPSA) is 76.7 Å². The number of halogens is 1. The molecule has 0 radical (unpaired) electrons. The molecule has 0 amide bonds. The first kappa shape index (κ1) is 10.8. The van der Waals surface area contributed by atoms with E-state index in [9.17, 15) is 4.39 Å². The summed E-state index contributed by atoms with van der Waals surface area (Å²) in [5.41, 5.74) is 0. The van der Waals surface area contributed by atoms with Crippen molar-refractivity contribution in [3.05, 3.63) is 17.9 Å². The van der Waals surface area contributed by atoms with Gasteiger partial charge in [0.1, 0.15) is 5.03 Å². The molecule has 0 bridgehead atoms. The lowest BCUT2D eigenvalue weighted by molar-refractivity contribution is 0.428. The second-order valence-corrected chi connectivity index (χ2v) is 3.73. The van der Waals surface area contributed by atoms with E-state index in [-0.39, 0.29) is 10.2 Å². The lowest BCUT2D eigenvalue weighted by atomic mass is 10.6. The molecule has 1 N–H and O–H groups in total. The summed E-state index contributed by atoms with van der Waals surface area (Å²) in [6.45, 7) is 1.66. The van der Waals surface area contributed by atoms with E-state index in [0.717, 1.165) is 18.0 Å². The predicted octanol–water partition coefficient (Wildman–Crippen LogP) is 1.50. The van der Waals surface area contributed by atoms with Crippen LogP contribution in [0.15, 0.2) is 20.9 Å². The third-order valence-corrected chi connectivity index (χ3v) is 2.45. The average molecular weight is 241 g/mol. The van der Waals surface area contributed by atoms with Gasteiger partial charge in [0.15, 0.2) is 5.82 Å². The van der Waals surface area contributed by atoms with Crippen molar-refractivity contribution in [2.24, 2.45) is 0 Å². The maximum Gasteiger partial charge on any atom is 0.283 e. The Morgan fingerprint density at radius 3 is 2.88 bits per heavy atom. The highest BCUT2D eigenvalue weighted by Gasteiger charge is 2.12. The van der Waals surface area contributed by atoms with Crippen molar-refractivity contribution in [1.82, 2.24) is 20.2 Å². The summed E-state index contributed by atoms with van der Waals surface area (Å²) in [6.07, 6.45) is 1.09. The van der Waals surface area contributed by atoms with Gasteiger partial charge in [-0.2, -0.15) is 0 Å². The fourth-order valence-electron chi connectivity index (χ4n) is 0.946. The van der Waals surface area contributed by atoms with Crippen LogP contribution in [0.4, 0.5) is 10.3 Å². The van der Waals surface area contributed by atoms with Crippen LogP contribution >= 0.6 is 11.8 Å². The first-order valence-corrected chi connectivity index (χ1v) is 5.19. The summed E-state index contributed by atoms with van der Waals surface area (Å²) in [5, 5.41) is 10.5. The molecule has 0 aliphatic carbocycles. The minimum absolute atomic E-state index is 0.142. The molecule has 2 rings (SSSR count). The van der Waals surface area contributed by atoms with E-state index in [1.165, 1.54) is 0 Å². The van der Waals surface area contributed by atoms with E-state index >= 15 is 0 Å². The number of aryl methyl sites for hydroxylation is 1. The molecular formula is C8H8FN5OS. The minimum atomic E-state index is -0.528. The molecule has 0 atom stereocenters. The number of hydrogen-bond donors (Lipinski definition) is 1. The number of anilines is 1. The van der Waals surface area contributed by atoms with Gasteiger partial charge in [0.05, 0.1) is 6.20 Å². The molecule has 0 saturated heterocycles. The SMILES string of the molecule is CNc1ncc(F)c(Sc2nnc(C)o2)n1. The van der Waals surface area contributed by atoms with Gasteiger partial charge >= 0.3 is 0 Å². The van der Waals surface area contributed by atoms with E-state index in [0.29, 0.717) is 11.8 Å². The second-order valence-electron chi connectivity index (χ2n) is 2.79. The number of rotatable bonds is 3. The zero-order valence-electron chi connectivity index (χ0n) is 8.56. The summed E-state index contributed by atoms with van der Waals surface area (Å²) >= 11 is 0.958. The van der Waals surface area contributed by atoms with Crippen LogP contribution in [0.1, 0.15) is 5.89 Å². The molecule has 0 fully saturated rings. The van der Waals surface area contributed by atoms with Crippen molar-refractivity contribution in [2.45, 2.75) is 17.2 Å². The van der Waals surface area contributed by atoms with Crippen LogP contribution in [-0.4, -0.2) is 27.2 Å². The van der Waals surface area contributed by atoms with Crippen LogP contribution in [0.25, 0.3) is 0 Å². The van der Waals surface area contributed by atoms with Gasteiger partial charge in [0.2, 0.25) is 11.8 Å². The number of nitrogens with one attached hydrogen (secondary N) is 1. The largest absolute Gasteiger partial charge is 0.416 e.